The summed E-state index contributed by atoms with van der Waals surface area (Å²) in [5.74, 6) is 2.65. The van der Waals surface area contributed by atoms with Gasteiger partial charge in [0.2, 0.25) is 5.75 Å². The van der Waals surface area contributed by atoms with Crippen molar-refractivity contribution in [2.75, 3.05) is 34.5 Å². The SMILES string of the molecule is COc1ccc(C(=O)/C=C/c2cc(OC)c3c(c2)OCCO3)c(OC)c1. The molecule has 2 aromatic rings. The van der Waals surface area contributed by atoms with Gasteiger partial charge in [-0.15, -0.1) is 0 Å². The monoisotopic (exact) mass is 356 g/mol. The van der Waals surface area contributed by atoms with Crippen LogP contribution < -0.4 is 23.7 Å². The van der Waals surface area contributed by atoms with Crippen LogP contribution >= 0.6 is 0 Å². The molecule has 6 heteroatoms. The number of carbonyl (C=O) groups excluding carboxylic acids is 1. The second-order valence-corrected chi connectivity index (χ2v) is 5.51. The largest absolute Gasteiger partial charge is 0.497 e. The summed E-state index contributed by atoms with van der Waals surface area (Å²) in [4.78, 5) is 12.5. The molecule has 0 N–H and O–H groups in total. The summed E-state index contributed by atoms with van der Waals surface area (Å²) in [7, 11) is 4.64. The molecule has 0 aliphatic carbocycles. The molecule has 0 saturated carbocycles. The Hall–Kier alpha value is -3.15. The summed E-state index contributed by atoms with van der Waals surface area (Å²) in [6, 6.07) is 8.67. The number of hydrogen-bond donors (Lipinski definition) is 0. The smallest absolute Gasteiger partial charge is 0.203 e. The van der Waals surface area contributed by atoms with E-state index in [0.29, 0.717) is 47.5 Å². The predicted octanol–water partition coefficient (Wildman–Crippen LogP) is 3.38. The van der Waals surface area contributed by atoms with Gasteiger partial charge in [-0.25, -0.2) is 0 Å². The van der Waals surface area contributed by atoms with E-state index >= 15 is 0 Å². The molecular formula is C20H20O6. The normalized spacial score (nSPS) is 12.7. The van der Waals surface area contributed by atoms with Crippen molar-refractivity contribution in [3.8, 4) is 28.7 Å². The van der Waals surface area contributed by atoms with Crippen LogP contribution in [0.2, 0.25) is 0 Å². The van der Waals surface area contributed by atoms with Crippen molar-refractivity contribution < 1.29 is 28.5 Å². The number of fused-ring (bicyclic) bond motifs is 1. The van der Waals surface area contributed by atoms with Crippen molar-refractivity contribution in [1.29, 1.82) is 0 Å². The van der Waals surface area contributed by atoms with Crippen molar-refractivity contribution in [3.05, 3.63) is 47.5 Å². The van der Waals surface area contributed by atoms with Gasteiger partial charge in [0, 0.05) is 6.07 Å². The summed E-state index contributed by atoms with van der Waals surface area (Å²) in [5, 5.41) is 0. The van der Waals surface area contributed by atoms with Gasteiger partial charge < -0.3 is 23.7 Å². The molecule has 0 amide bonds. The molecule has 0 spiro atoms. The minimum absolute atomic E-state index is 0.182. The highest BCUT2D eigenvalue weighted by Gasteiger charge is 2.18. The lowest BCUT2D eigenvalue weighted by Crippen LogP contribution is -2.16. The van der Waals surface area contributed by atoms with Gasteiger partial charge in [0.15, 0.2) is 17.3 Å². The Labute approximate surface area is 151 Å². The summed E-state index contributed by atoms with van der Waals surface area (Å²) in [5.41, 5.74) is 1.22. The van der Waals surface area contributed by atoms with Gasteiger partial charge in [0.05, 0.1) is 26.9 Å². The summed E-state index contributed by atoms with van der Waals surface area (Å²) in [6.45, 7) is 0.958. The second kappa shape index (κ2) is 7.82. The van der Waals surface area contributed by atoms with E-state index in [4.69, 9.17) is 23.7 Å². The van der Waals surface area contributed by atoms with Gasteiger partial charge in [-0.05, 0) is 35.9 Å². The van der Waals surface area contributed by atoms with Crippen LogP contribution in [0, 0.1) is 0 Å². The molecular weight excluding hydrogens is 336 g/mol. The van der Waals surface area contributed by atoms with Crippen molar-refractivity contribution in [2.45, 2.75) is 0 Å². The Kier molecular flexibility index (Phi) is 5.31. The highest BCUT2D eigenvalue weighted by molar-refractivity contribution is 6.08. The zero-order valence-corrected chi connectivity index (χ0v) is 14.9. The van der Waals surface area contributed by atoms with Gasteiger partial charge >= 0.3 is 0 Å². The van der Waals surface area contributed by atoms with E-state index in [1.54, 1.807) is 44.6 Å². The van der Waals surface area contributed by atoms with Gasteiger partial charge in [-0.1, -0.05) is 6.08 Å². The van der Waals surface area contributed by atoms with E-state index in [-0.39, 0.29) is 5.78 Å². The second-order valence-electron chi connectivity index (χ2n) is 5.51. The summed E-state index contributed by atoms with van der Waals surface area (Å²) >= 11 is 0. The number of carbonyl (C=O) groups is 1. The molecule has 136 valence electrons. The Balaban J connectivity index is 1.87. The van der Waals surface area contributed by atoms with Crippen molar-refractivity contribution in [2.24, 2.45) is 0 Å². The van der Waals surface area contributed by atoms with E-state index in [1.807, 2.05) is 6.07 Å². The Morgan fingerprint density at radius 3 is 2.46 bits per heavy atom. The molecule has 0 aromatic heterocycles. The molecule has 0 radical (unpaired) electrons. The standard InChI is InChI=1S/C20H20O6/c1-22-14-5-6-15(17(12-14)23-2)16(21)7-4-13-10-18(24-3)20-19(11-13)25-8-9-26-20/h4-7,10-12H,8-9H2,1-3H3/b7-4+. The Morgan fingerprint density at radius 2 is 1.73 bits per heavy atom. The average molecular weight is 356 g/mol. The van der Waals surface area contributed by atoms with Crippen LogP contribution in [0.4, 0.5) is 0 Å². The highest BCUT2D eigenvalue weighted by atomic mass is 16.6. The van der Waals surface area contributed by atoms with E-state index in [9.17, 15) is 4.79 Å². The third-order valence-corrected chi connectivity index (χ3v) is 3.95. The summed E-state index contributed by atoms with van der Waals surface area (Å²) < 4.78 is 27.0. The quantitative estimate of drug-likeness (QED) is 0.584. The maximum Gasteiger partial charge on any atom is 0.203 e. The lowest BCUT2D eigenvalue weighted by atomic mass is 10.1. The molecule has 0 atom stereocenters. The maximum absolute atomic E-state index is 12.5. The molecule has 1 heterocycles. The van der Waals surface area contributed by atoms with Crippen molar-refractivity contribution >= 4 is 11.9 Å². The van der Waals surface area contributed by atoms with Crippen molar-refractivity contribution in [3.63, 3.8) is 0 Å². The van der Waals surface area contributed by atoms with E-state index in [1.165, 1.54) is 13.2 Å². The number of benzene rings is 2. The molecule has 1 aliphatic rings. The number of ether oxygens (including phenoxy) is 5. The molecule has 0 bridgehead atoms. The summed E-state index contributed by atoms with van der Waals surface area (Å²) in [6.07, 6.45) is 3.18. The molecule has 2 aromatic carbocycles. The van der Waals surface area contributed by atoms with Crippen LogP contribution in [-0.2, 0) is 0 Å². The Bertz CT molecular complexity index is 823. The minimum atomic E-state index is -0.182. The first-order valence-corrected chi connectivity index (χ1v) is 8.08. The van der Waals surface area contributed by atoms with Crippen LogP contribution in [0.15, 0.2) is 36.4 Å². The third kappa shape index (κ3) is 3.59. The predicted molar refractivity (Wildman–Crippen MR) is 96.9 cm³/mol. The van der Waals surface area contributed by atoms with E-state index in [0.717, 1.165) is 5.56 Å². The number of allylic oxidation sites excluding steroid dienone is 1. The van der Waals surface area contributed by atoms with Crippen LogP contribution in [0.1, 0.15) is 15.9 Å². The van der Waals surface area contributed by atoms with E-state index in [2.05, 4.69) is 0 Å². The molecule has 0 fully saturated rings. The fourth-order valence-corrected chi connectivity index (χ4v) is 2.65. The van der Waals surface area contributed by atoms with Crippen molar-refractivity contribution in [1.82, 2.24) is 0 Å². The zero-order valence-electron chi connectivity index (χ0n) is 14.9. The topological polar surface area (TPSA) is 63.2 Å². The van der Waals surface area contributed by atoms with Gasteiger partial charge in [-0.3, -0.25) is 4.79 Å². The van der Waals surface area contributed by atoms with Gasteiger partial charge in [0.25, 0.3) is 0 Å². The van der Waals surface area contributed by atoms with Crippen LogP contribution in [-0.4, -0.2) is 40.3 Å². The fourth-order valence-electron chi connectivity index (χ4n) is 2.65. The first-order valence-electron chi connectivity index (χ1n) is 8.08. The van der Waals surface area contributed by atoms with E-state index < -0.39 is 0 Å². The fraction of sp³-hybridized carbons (Fsp3) is 0.250. The van der Waals surface area contributed by atoms with Gasteiger partial charge in [0.1, 0.15) is 24.7 Å². The maximum atomic E-state index is 12.5. The van der Waals surface area contributed by atoms with Crippen LogP contribution in [0.3, 0.4) is 0 Å². The van der Waals surface area contributed by atoms with Crippen LogP contribution in [0.25, 0.3) is 6.08 Å². The molecule has 0 saturated heterocycles. The molecule has 1 aliphatic heterocycles. The number of methoxy groups -OCH3 is 3. The molecule has 6 nitrogen and oxygen atoms in total. The molecule has 26 heavy (non-hydrogen) atoms. The Morgan fingerprint density at radius 1 is 0.962 bits per heavy atom. The molecule has 3 rings (SSSR count). The number of ketones is 1. The van der Waals surface area contributed by atoms with Crippen LogP contribution in [0.5, 0.6) is 28.7 Å². The zero-order chi connectivity index (χ0) is 18.5. The average Bonchev–Trinajstić information content (AvgIpc) is 2.70. The first-order chi connectivity index (χ1) is 12.7. The number of rotatable bonds is 6. The lowest BCUT2D eigenvalue weighted by Gasteiger charge is -2.20. The highest BCUT2D eigenvalue weighted by Crippen LogP contribution is 2.40. The lowest BCUT2D eigenvalue weighted by molar-refractivity contribution is 0.104. The number of hydrogen-bond acceptors (Lipinski definition) is 6. The van der Waals surface area contributed by atoms with Gasteiger partial charge in [-0.2, -0.15) is 0 Å². The first kappa shape index (κ1) is 17.7. The minimum Gasteiger partial charge on any atom is -0.497 e. The molecule has 0 unspecified atom stereocenters. The third-order valence-electron chi connectivity index (χ3n) is 3.95.